The summed E-state index contributed by atoms with van der Waals surface area (Å²) in [5.74, 6) is -0.607. The van der Waals surface area contributed by atoms with Crippen molar-refractivity contribution >= 4 is 38.9 Å². The minimum absolute atomic E-state index is 0.0473. The summed E-state index contributed by atoms with van der Waals surface area (Å²) in [7, 11) is -4.56. The number of carbonyl (C=O) groups excluding carboxylic acids is 1. The fourth-order valence-corrected chi connectivity index (χ4v) is 4.83. The van der Waals surface area contributed by atoms with Crippen molar-refractivity contribution in [3.05, 3.63) is 58.4 Å². The summed E-state index contributed by atoms with van der Waals surface area (Å²) in [6, 6.07) is 9.78. The van der Waals surface area contributed by atoms with Gasteiger partial charge in [0.05, 0.1) is 17.6 Å². The van der Waals surface area contributed by atoms with Gasteiger partial charge in [-0.2, -0.15) is 8.42 Å². The first-order valence-corrected chi connectivity index (χ1v) is 13.8. The van der Waals surface area contributed by atoms with Crippen molar-refractivity contribution in [3.8, 4) is 5.75 Å². The predicted molar refractivity (Wildman–Crippen MR) is 132 cm³/mol. The maximum Gasteiger partial charge on any atom is 0.339 e. The van der Waals surface area contributed by atoms with Gasteiger partial charge in [-0.25, -0.2) is 4.79 Å². The zero-order valence-electron chi connectivity index (χ0n) is 19.5. The minimum Gasteiger partial charge on any atom is -0.462 e. The molecule has 0 aliphatic heterocycles. The SMILES string of the molecule is CCCCCCCCOC(=O)c1ccccc1S(=O)(=O)n1nnc2ccc(OOSC)cc2c1=O. The highest BCUT2D eigenvalue weighted by molar-refractivity contribution is 7.93. The van der Waals surface area contributed by atoms with Gasteiger partial charge in [0.25, 0.3) is 15.6 Å². The standard InChI is InChI=1S/C23H27N3O7S2/c1-3-4-5-6-7-10-15-31-23(28)18-11-8-9-12-21(18)35(29,30)26-22(27)19-16-17(32-33-34-2)13-14-20(19)24-25-26/h8-9,11-14,16H,3-7,10,15H2,1-2H3. The van der Waals surface area contributed by atoms with Crippen molar-refractivity contribution in [3.63, 3.8) is 0 Å². The molecule has 0 fully saturated rings. The summed E-state index contributed by atoms with van der Waals surface area (Å²) in [6.45, 7) is 2.31. The van der Waals surface area contributed by atoms with E-state index in [1.807, 2.05) is 0 Å². The molecule has 0 aliphatic carbocycles. The molecular formula is C23H27N3O7S2. The van der Waals surface area contributed by atoms with E-state index in [0.29, 0.717) is 6.42 Å². The van der Waals surface area contributed by atoms with E-state index in [0.717, 1.165) is 37.7 Å². The summed E-state index contributed by atoms with van der Waals surface area (Å²) in [6.07, 6.45) is 7.74. The van der Waals surface area contributed by atoms with E-state index in [9.17, 15) is 18.0 Å². The quantitative estimate of drug-likeness (QED) is 0.106. The second-order valence-electron chi connectivity index (χ2n) is 7.64. The summed E-state index contributed by atoms with van der Waals surface area (Å²) in [5.41, 5.74) is -0.956. The van der Waals surface area contributed by atoms with Gasteiger partial charge < -0.3 is 9.62 Å². The Morgan fingerprint density at radius 1 is 1.06 bits per heavy atom. The molecule has 0 spiro atoms. The molecule has 3 aromatic rings. The molecule has 0 aliphatic rings. The molecule has 1 heterocycles. The van der Waals surface area contributed by atoms with Crippen molar-refractivity contribution in [2.45, 2.75) is 50.3 Å². The van der Waals surface area contributed by atoms with E-state index in [4.69, 9.17) is 14.0 Å². The maximum absolute atomic E-state index is 13.4. The first kappa shape index (κ1) is 26.6. The zero-order valence-corrected chi connectivity index (χ0v) is 21.1. The van der Waals surface area contributed by atoms with Crippen LogP contribution in [0.15, 0.2) is 52.2 Å². The summed E-state index contributed by atoms with van der Waals surface area (Å²) in [5, 5.41) is 7.39. The minimum atomic E-state index is -4.56. The molecule has 0 bridgehead atoms. The zero-order chi connectivity index (χ0) is 25.3. The van der Waals surface area contributed by atoms with Crippen LogP contribution < -0.4 is 10.4 Å². The van der Waals surface area contributed by atoms with Gasteiger partial charge in [-0.3, -0.25) is 4.79 Å². The van der Waals surface area contributed by atoms with Crippen LogP contribution in [0.25, 0.3) is 10.9 Å². The third kappa shape index (κ3) is 6.59. The molecule has 10 nitrogen and oxygen atoms in total. The number of nitrogens with zero attached hydrogens (tertiary/aromatic N) is 3. The third-order valence-corrected chi connectivity index (χ3v) is 6.96. The maximum atomic E-state index is 13.4. The van der Waals surface area contributed by atoms with Crippen LogP contribution in [0, 0.1) is 0 Å². The second-order valence-corrected chi connectivity index (χ2v) is 9.84. The summed E-state index contributed by atoms with van der Waals surface area (Å²) < 4.78 is 37.0. The molecule has 0 radical (unpaired) electrons. The second kappa shape index (κ2) is 12.7. The summed E-state index contributed by atoms with van der Waals surface area (Å²) in [4.78, 5) is 30.3. The van der Waals surface area contributed by atoms with Crippen molar-refractivity contribution in [2.75, 3.05) is 12.9 Å². The topological polar surface area (TPSA) is 127 Å². The highest BCUT2D eigenvalue weighted by Crippen LogP contribution is 2.21. The average molecular weight is 522 g/mol. The van der Waals surface area contributed by atoms with E-state index in [2.05, 4.69) is 17.2 Å². The molecule has 188 valence electrons. The molecule has 0 atom stereocenters. The molecule has 0 saturated heterocycles. The van der Waals surface area contributed by atoms with Crippen LogP contribution in [0.4, 0.5) is 0 Å². The van der Waals surface area contributed by atoms with E-state index in [1.54, 1.807) is 6.26 Å². The van der Waals surface area contributed by atoms with E-state index >= 15 is 0 Å². The van der Waals surface area contributed by atoms with Gasteiger partial charge in [-0.1, -0.05) is 55.2 Å². The Morgan fingerprint density at radius 2 is 1.80 bits per heavy atom. The fourth-order valence-electron chi connectivity index (χ4n) is 3.37. The average Bonchev–Trinajstić information content (AvgIpc) is 2.87. The van der Waals surface area contributed by atoms with E-state index < -0.39 is 26.4 Å². The number of fused-ring (bicyclic) bond motifs is 1. The Hall–Kier alpha value is -2.96. The summed E-state index contributed by atoms with van der Waals surface area (Å²) >= 11 is 0.953. The van der Waals surface area contributed by atoms with Gasteiger partial charge in [0.15, 0.2) is 5.75 Å². The Morgan fingerprint density at radius 3 is 2.57 bits per heavy atom. The number of unbranched alkanes of at least 4 members (excludes halogenated alkanes) is 5. The van der Waals surface area contributed by atoms with Gasteiger partial charge in [-0.15, -0.1) is 9.43 Å². The third-order valence-electron chi connectivity index (χ3n) is 5.15. The number of ether oxygens (including phenoxy) is 1. The molecule has 1 aromatic heterocycles. The molecule has 35 heavy (non-hydrogen) atoms. The number of aromatic nitrogens is 3. The van der Waals surface area contributed by atoms with Crippen LogP contribution in [0.2, 0.25) is 0 Å². The van der Waals surface area contributed by atoms with Crippen LogP contribution in [0.5, 0.6) is 5.75 Å². The molecule has 2 aromatic carbocycles. The molecule has 12 heteroatoms. The van der Waals surface area contributed by atoms with Crippen LogP contribution in [0.1, 0.15) is 55.8 Å². The normalized spacial score (nSPS) is 11.5. The van der Waals surface area contributed by atoms with Crippen molar-refractivity contribution in [1.29, 1.82) is 0 Å². The fraction of sp³-hybridized carbons (Fsp3) is 0.391. The first-order valence-electron chi connectivity index (χ1n) is 11.2. The number of esters is 1. The van der Waals surface area contributed by atoms with Gasteiger partial charge in [0, 0.05) is 18.3 Å². The number of rotatable bonds is 13. The van der Waals surface area contributed by atoms with E-state index in [1.165, 1.54) is 48.9 Å². The Kier molecular flexibility index (Phi) is 9.64. The Balaban J connectivity index is 1.85. The molecule has 0 saturated carbocycles. The number of carbonyl (C=O) groups is 1. The predicted octanol–water partition coefficient (Wildman–Crippen LogP) is 4.13. The van der Waals surface area contributed by atoms with Crippen LogP contribution >= 0.6 is 12.0 Å². The lowest BCUT2D eigenvalue weighted by molar-refractivity contribution is -0.0769. The number of hydrogen-bond acceptors (Lipinski definition) is 10. The largest absolute Gasteiger partial charge is 0.462 e. The molecule has 0 N–H and O–H groups in total. The lowest BCUT2D eigenvalue weighted by Crippen LogP contribution is -2.32. The Bertz CT molecular complexity index is 1330. The lowest BCUT2D eigenvalue weighted by atomic mass is 10.1. The smallest absolute Gasteiger partial charge is 0.339 e. The molecule has 0 unspecified atom stereocenters. The van der Waals surface area contributed by atoms with Gasteiger partial charge in [0.2, 0.25) is 0 Å². The van der Waals surface area contributed by atoms with Gasteiger partial charge in [-0.05, 0) is 42.0 Å². The number of hydrogen-bond donors (Lipinski definition) is 0. The van der Waals surface area contributed by atoms with Crippen LogP contribution in [-0.4, -0.2) is 41.6 Å². The van der Waals surface area contributed by atoms with Gasteiger partial charge >= 0.3 is 5.97 Å². The highest BCUT2D eigenvalue weighted by atomic mass is 32.2. The van der Waals surface area contributed by atoms with Crippen molar-refractivity contribution in [2.24, 2.45) is 0 Å². The molecule has 0 amide bonds. The highest BCUT2D eigenvalue weighted by Gasteiger charge is 2.28. The Labute approximate surface area is 207 Å². The number of benzene rings is 2. The lowest BCUT2D eigenvalue weighted by Gasteiger charge is -2.11. The van der Waals surface area contributed by atoms with Crippen molar-refractivity contribution in [1.82, 2.24) is 14.4 Å². The van der Waals surface area contributed by atoms with Crippen LogP contribution in [-0.2, 0) is 19.1 Å². The van der Waals surface area contributed by atoms with Gasteiger partial charge in [0.1, 0.15) is 10.4 Å². The van der Waals surface area contributed by atoms with Crippen LogP contribution in [0.3, 0.4) is 0 Å². The molecular weight excluding hydrogens is 494 g/mol. The first-order chi connectivity index (χ1) is 16.9. The monoisotopic (exact) mass is 521 g/mol. The molecule has 3 rings (SSSR count). The van der Waals surface area contributed by atoms with Crippen molar-refractivity contribution < 1.29 is 27.2 Å². The van der Waals surface area contributed by atoms with E-state index in [-0.39, 0.29) is 32.9 Å².